The lowest BCUT2D eigenvalue weighted by Gasteiger charge is -2.33. The first kappa shape index (κ1) is 22.2. The lowest BCUT2D eigenvalue weighted by molar-refractivity contribution is 0.207. The number of piperidine rings is 1. The van der Waals surface area contributed by atoms with Crippen LogP contribution in [0.2, 0.25) is 0 Å². The maximum absolute atomic E-state index is 6.33. The third-order valence-electron chi connectivity index (χ3n) is 6.35. The Morgan fingerprint density at radius 1 is 1.12 bits per heavy atom. The van der Waals surface area contributed by atoms with Gasteiger partial charge in [-0.3, -0.25) is 4.99 Å². The van der Waals surface area contributed by atoms with E-state index < -0.39 is 0 Å². The zero-order valence-electron chi connectivity index (χ0n) is 19.2. The standard InChI is InChI=1S/C25H35N5O2/c1-26-25(29-20-12-15-30(16-13-20)24-9-5-6-14-27-24)28-18-19-10-11-22(31-2)17-23(19)32-21-7-3-4-8-21/h5-6,9-11,14,17,20-21H,3-4,7-8,12-13,15-16,18H2,1-2H3,(H2,26,28,29). The van der Waals surface area contributed by atoms with Crippen molar-refractivity contribution >= 4 is 11.8 Å². The predicted octanol–water partition coefficient (Wildman–Crippen LogP) is 3.75. The summed E-state index contributed by atoms with van der Waals surface area (Å²) in [7, 11) is 3.51. The first-order valence-electron chi connectivity index (χ1n) is 11.7. The summed E-state index contributed by atoms with van der Waals surface area (Å²) in [4.78, 5) is 11.3. The SMILES string of the molecule is CN=C(NCc1ccc(OC)cc1OC1CCCC1)NC1CCN(c2ccccn2)CC1. The molecule has 1 aliphatic heterocycles. The van der Waals surface area contributed by atoms with Crippen LogP contribution in [-0.4, -0.2) is 50.3 Å². The smallest absolute Gasteiger partial charge is 0.191 e. The maximum atomic E-state index is 6.33. The molecule has 2 fully saturated rings. The molecular formula is C25H35N5O2. The number of rotatable bonds is 7. The van der Waals surface area contributed by atoms with Crippen LogP contribution in [0.25, 0.3) is 0 Å². The largest absolute Gasteiger partial charge is 0.497 e. The molecule has 7 heteroatoms. The van der Waals surface area contributed by atoms with Crippen molar-refractivity contribution in [2.75, 3.05) is 32.1 Å². The number of nitrogens with zero attached hydrogens (tertiary/aromatic N) is 3. The molecule has 1 aliphatic carbocycles. The van der Waals surface area contributed by atoms with Crippen molar-refractivity contribution in [1.29, 1.82) is 0 Å². The van der Waals surface area contributed by atoms with Crippen LogP contribution in [0, 0.1) is 0 Å². The van der Waals surface area contributed by atoms with Crippen molar-refractivity contribution < 1.29 is 9.47 Å². The van der Waals surface area contributed by atoms with Gasteiger partial charge in [-0.2, -0.15) is 0 Å². The second kappa shape index (κ2) is 11.1. The summed E-state index contributed by atoms with van der Waals surface area (Å²) in [5.41, 5.74) is 1.12. The maximum Gasteiger partial charge on any atom is 0.191 e. The minimum Gasteiger partial charge on any atom is -0.497 e. The van der Waals surface area contributed by atoms with Gasteiger partial charge in [0.2, 0.25) is 0 Å². The minimum absolute atomic E-state index is 0.308. The molecule has 0 atom stereocenters. The molecule has 0 amide bonds. The number of ether oxygens (including phenoxy) is 2. The van der Waals surface area contributed by atoms with E-state index in [-0.39, 0.29) is 0 Å². The average Bonchev–Trinajstić information content (AvgIpc) is 3.36. The summed E-state index contributed by atoms with van der Waals surface area (Å²) < 4.78 is 11.7. The zero-order valence-corrected chi connectivity index (χ0v) is 19.2. The fourth-order valence-electron chi connectivity index (χ4n) is 4.46. The number of guanidine groups is 1. The van der Waals surface area contributed by atoms with Crippen LogP contribution in [0.1, 0.15) is 44.1 Å². The van der Waals surface area contributed by atoms with Crippen LogP contribution >= 0.6 is 0 Å². The number of nitrogens with one attached hydrogen (secondary N) is 2. The molecule has 0 radical (unpaired) electrons. The number of anilines is 1. The Balaban J connectivity index is 1.31. The van der Waals surface area contributed by atoms with Crippen molar-refractivity contribution in [3.8, 4) is 11.5 Å². The highest BCUT2D eigenvalue weighted by molar-refractivity contribution is 5.80. The number of aliphatic imine (C=N–C) groups is 1. The number of benzene rings is 1. The summed E-state index contributed by atoms with van der Waals surface area (Å²) in [5.74, 6) is 3.61. The van der Waals surface area contributed by atoms with Crippen LogP contribution < -0.4 is 25.0 Å². The number of methoxy groups -OCH3 is 1. The molecule has 1 saturated carbocycles. The summed E-state index contributed by atoms with van der Waals surface area (Å²) >= 11 is 0. The monoisotopic (exact) mass is 437 g/mol. The molecule has 172 valence electrons. The molecule has 1 saturated heterocycles. The topological polar surface area (TPSA) is 71.0 Å². The summed E-state index contributed by atoms with van der Waals surface area (Å²) in [5, 5.41) is 7.06. The highest BCUT2D eigenvalue weighted by atomic mass is 16.5. The number of hydrogen-bond donors (Lipinski definition) is 2. The Morgan fingerprint density at radius 2 is 1.94 bits per heavy atom. The van der Waals surface area contributed by atoms with Crippen molar-refractivity contribution in [1.82, 2.24) is 15.6 Å². The first-order chi connectivity index (χ1) is 15.7. The molecule has 7 nitrogen and oxygen atoms in total. The summed E-state index contributed by atoms with van der Waals surface area (Å²) in [6, 6.07) is 12.5. The highest BCUT2D eigenvalue weighted by Crippen LogP contribution is 2.30. The number of hydrogen-bond acceptors (Lipinski definition) is 5. The van der Waals surface area contributed by atoms with Crippen LogP contribution in [0.5, 0.6) is 11.5 Å². The van der Waals surface area contributed by atoms with Gasteiger partial charge in [-0.25, -0.2) is 4.98 Å². The van der Waals surface area contributed by atoms with Crippen molar-refractivity contribution in [3.63, 3.8) is 0 Å². The third kappa shape index (κ3) is 5.84. The Bertz CT molecular complexity index is 875. The summed E-state index contributed by atoms with van der Waals surface area (Å²) in [6.45, 7) is 2.63. The van der Waals surface area contributed by atoms with E-state index in [0.29, 0.717) is 18.7 Å². The average molecular weight is 438 g/mol. The quantitative estimate of drug-likeness (QED) is 0.508. The molecule has 1 aromatic carbocycles. The number of aromatic nitrogens is 1. The van der Waals surface area contributed by atoms with Gasteiger partial charge in [0, 0.05) is 50.6 Å². The van der Waals surface area contributed by atoms with Gasteiger partial charge in [-0.15, -0.1) is 0 Å². The molecule has 2 aliphatic rings. The van der Waals surface area contributed by atoms with Crippen molar-refractivity contribution in [3.05, 3.63) is 48.2 Å². The Hall–Kier alpha value is -2.96. The molecule has 4 rings (SSSR count). The van der Waals surface area contributed by atoms with E-state index in [2.05, 4.69) is 37.6 Å². The predicted molar refractivity (Wildman–Crippen MR) is 129 cm³/mol. The molecule has 32 heavy (non-hydrogen) atoms. The third-order valence-corrected chi connectivity index (χ3v) is 6.35. The van der Waals surface area contributed by atoms with Gasteiger partial charge in [0.15, 0.2) is 5.96 Å². The van der Waals surface area contributed by atoms with Crippen molar-refractivity contribution in [2.24, 2.45) is 4.99 Å². The van der Waals surface area contributed by atoms with E-state index in [1.807, 2.05) is 37.5 Å². The van der Waals surface area contributed by atoms with Gasteiger partial charge in [-0.1, -0.05) is 6.07 Å². The molecule has 0 spiro atoms. The van der Waals surface area contributed by atoms with Gasteiger partial charge in [0.25, 0.3) is 0 Å². The molecule has 0 unspecified atom stereocenters. The second-order valence-corrected chi connectivity index (χ2v) is 8.52. The zero-order chi connectivity index (χ0) is 22.2. The minimum atomic E-state index is 0.308. The Morgan fingerprint density at radius 3 is 2.62 bits per heavy atom. The van der Waals surface area contributed by atoms with Crippen LogP contribution in [0.4, 0.5) is 5.82 Å². The van der Waals surface area contributed by atoms with Gasteiger partial charge >= 0.3 is 0 Å². The molecular weight excluding hydrogens is 402 g/mol. The van der Waals surface area contributed by atoms with Crippen LogP contribution in [0.15, 0.2) is 47.6 Å². The van der Waals surface area contributed by atoms with E-state index in [4.69, 9.17) is 9.47 Å². The summed E-state index contributed by atoms with van der Waals surface area (Å²) in [6.07, 6.45) is 9.02. The second-order valence-electron chi connectivity index (χ2n) is 8.52. The lowest BCUT2D eigenvalue weighted by atomic mass is 10.1. The highest BCUT2D eigenvalue weighted by Gasteiger charge is 2.21. The molecule has 2 aromatic rings. The normalized spacial score (nSPS) is 17.9. The van der Waals surface area contributed by atoms with Crippen LogP contribution in [0.3, 0.4) is 0 Å². The lowest BCUT2D eigenvalue weighted by Crippen LogP contribution is -2.48. The molecule has 1 aromatic heterocycles. The van der Waals surface area contributed by atoms with Gasteiger partial charge in [0.1, 0.15) is 17.3 Å². The molecule has 2 heterocycles. The van der Waals surface area contributed by atoms with Crippen LogP contribution in [-0.2, 0) is 6.54 Å². The van der Waals surface area contributed by atoms with Gasteiger partial charge in [-0.05, 0) is 62.8 Å². The number of pyridine rings is 1. The molecule has 2 N–H and O–H groups in total. The van der Waals surface area contributed by atoms with E-state index in [9.17, 15) is 0 Å². The first-order valence-corrected chi connectivity index (χ1v) is 11.7. The van der Waals surface area contributed by atoms with Gasteiger partial charge in [0.05, 0.1) is 13.2 Å². The van der Waals surface area contributed by atoms with E-state index >= 15 is 0 Å². The van der Waals surface area contributed by atoms with Crippen molar-refractivity contribution in [2.45, 2.75) is 57.2 Å². The Labute approximate surface area is 191 Å². The van der Waals surface area contributed by atoms with E-state index in [1.165, 1.54) is 12.8 Å². The fraction of sp³-hybridized carbons (Fsp3) is 0.520. The van der Waals surface area contributed by atoms with E-state index in [1.54, 1.807) is 7.11 Å². The fourth-order valence-corrected chi connectivity index (χ4v) is 4.46. The van der Waals surface area contributed by atoms with Gasteiger partial charge < -0.3 is 25.0 Å². The van der Waals surface area contributed by atoms with E-state index in [0.717, 1.165) is 67.6 Å². The molecule has 0 bridgehead atoms. The Kier molecular flexibility index (Phi) is 7.69.